The van der Waals surface area contributed by atoms with Crippen molar-refractivity contribution in [2.24, 2.45) is 0 Å². The molecule has 1 atom stereocenters. The van der Waals surface area contributed by atoms with Gasteiger partial charge in [0.1, 0.15) is 34.5 Å². The van der Waals surface area contributed by atoms with E-state index in [0.29, 0.717) is 40.0 Å². The number of aryl methyl sites for hydroxylation is 2. The van der Waals surface area contributed by atoms with E-state index in [4.69, 9.17) is 9.47 Å². The summed E-state index contributed by atoms with van der Waals surface area (Å²) >= 11 is 1.75. The Morgan fingerprint density at radius 1 is 0.797 bits per heavy atom. The number of piperazine rings is 1. The first-order valence-electron chi connectivity index (χ1n) is 23.2. The molecule has 14 nitrogen and oxygen atoms in total. The van der Waals surface area contributed by atoms with Gasteiger partial charge in [-0.2, -0.15) is 0 Å². The third-order valence-electron chi connectivity index (χ3n) is 12.3. The largest absolute Gasteiger partial charge is 0.493 e. The molecule has 1 unspecified atom stereocenters. The number of anilines is 3. The Morgan fingerprint density at radius 2 is 1.55 bits per heavy atom. The van der Waals surface area contributed by atoms with Crippen LogP contribution in [0.1, 0.15) is 67.4 Å². The van der Waals surface area contributed by atoms with Gasteiger partial charge in [0, 0.05) is 73.4 Å². The standard InChI is InChI=1S/C27H32F2N8.C25H28N4O2S/c1-5-35-8-10-36(11-9-35)16-19-6-7-24(30-14-19)33-27-31-15-22(29)25(34-27)20-12-21(28)26-23(13-20)37(17(2)3)18(4)32-26;1-15(24-10-18(14-32-24)19-9-7-6-8-17(19)13-26-3)27-25-20-11-22(30-4)23(31-5)12-21(20)28-16(2)29-25/h6-7,12-15,17H,5,8-11,16H2,1-4H3,(H,30,31,33,34);6-12,14-15,26H,13H2,1-5H3,(H,27,28,29). The first kappa shape index (κ1) is 48.8. The fraction of sp³-hybridized carbons (Fsp3) is 0.346. The quantitative estimate of drug-likeness (QED) is 0.0898. The summed E-state index contributed by atoms with van der Waals surface area (Å²) in [5.41, 5.74) is 6.92. The predicted octanol–water partition coefficient (Wildman–Crippen LogP) is 10.5. The van der Waals surface area contributed by atoms with Crippen molar-refractivity contribution in [1.82, 2.24) is 49.6 Å². The summed E-state index contributed by atoms with van der Waals surface area (Å²) < 4.78 is 42.6. The number of thiophene rings is 1. The van der Waals surface area contributed by atoms with Crippen LogP contribution in [0.4, 0.5) is 26.4 Å². The fourth-order valence-corrected chi connectivity index (χ4v) is 9.66. The van der Waals surface area contributed by atoms with Crippen molar-refractivity contribution in [2.75, 3.05) is 64.6 Å². The summed E-state index contributed by atoms with van der Waals surface area (Å²) in [7, 11) is 5.23. The maximum atomic E-state index is 14.9. The average molecular weight is 955 g/mol. The number of fused-ring (bicyclic) bond motifs is 2. The Labute approximate surface area is 406 Å². The first-order chi connectivity index (χ1) is 33.3. The molecule has 0 amide bonds. The zero-order valence-corrected chi connectivity index (χ0v) is 41.5. The molecule has 0 aliphatic carbocycles. The lowest BCUT2D eigenvalue weighted by molar-refractivity contribution is 0.132. The van der Waals surface area contributed by atoms with Gasteiger partial charge in [-0.1, -0.05) is 37.3 Å². The zero-order chi connectivity index (χ0) is 48.8. The summed E-state index contributed by atoms with van der Waals surface area (Å²) in [5.74, 6) is 3.07. The van der Waals surface area contributed by atoms with Crippen LogP contribution in [-0.4, -0.2) is 98.3 Å². The van der Waals surface area contributed by atoms with E-state index in [1.807, 2.05) is 69.8 Å². The smallest absolute Gasteiger partial charge is 0.229 e. The Morgan fingerprint density at radius 3 is 2.26 bits per heavy atom. The Bertz CT molecular complexity index is 3040. The SMILES string of the molecule is CCN1CCN(Cc2ccc(Nc3ncc(F)c(-c4cc(F)c5nc(C)n(C(C)C)c5c4)n3)nc2)CC1.CNCc1ccccc1-c1csc(C(C)Nc2nc(C)nc3cc(OC)c(OC)cc23)c1. The second-order valence-electron chi connectivity index (χ2n) is 17.4. The molecular formula is C52H60F2N12O2S. The van der Waals surface area contributed by atoms with Crippen LogP contribution in [0, 0.1) is 25.5 Å². The number of benzene rings is 3. The van der Waals surface area contributed by atoms with Gasteiger partial charge in [0.05, 0.1) is 37.5 Å². The number of halogens is 2. The summed E-state index contributed by atoms with van der Waals surface area (Å²) in [6, 6.07) is 21.6. The summed E-state index contributed by atoms with van der Waals surface area (Å²) in [6.45, 7) is 19.1. The highest BCUT2D eigenvalue weighted by Gasteiger charge is 2.21. The normalized spacial score (nSPS) is 13.7. The topological polar surface area (TPSA) is 143 Å². The number of nitrogens with zero attached hydrogens (tertiary/aromatic N) is 9. The number of rotatable bonds is 15. The summed E-state index contributed by atoms with van der Waals surface area (Å²) in [6.07, 6.45) is 2.92. The van der Waals surface area contributed by atoms with Crippen LogP contribution in [0.3, 0.4) is 0 Å². The van der Waals surface area contributed by atoms with E-state index >= 15 is 0 Å². The lowest BCUT2D eigenvalue weighted by atomic mass is 10.0. The van der Waals surface area contributed by atoms with E-state index in [-0.39, 0.29) is 29.2 Å². The molecule has 9 rings (SSSR count). The maximum absolute atomic E-state index is 14.9. The predicted molar refractivity (Wildman–Crippen MR) is 273 cm³/mol. The van der Waals surface area contributed by atoms with Gasteiger partial charge in [-0.05, 0) is 106 Å². The third kappa shape index (κ3) is 11.1. The molecule has 69 heavy (non-hydrogen) atoms. The number of aromatic nitrogens is 7. The molecule has 1 fully saturated rings. The van der Waals surface area contributed by atoms with Crippen LogP contribution >= 0.6 is 11.3 Å². The minimum Gasteiger partial charge on any atom is -0.493 e. The number of pyridine rings is 1. The van der Waals surface area contributed by atoms with Crippen LogP contribution in [0.5, 0.6) is 11.5 Å². The molecule has 0 bridgehead atoms. The Hall–Kier alpha value is -6.66. The molecule has 8 aromatic rings. The number of hydrogen-bond acceptors (Lipinski definition) is 14. The number of methoxy groups -OCH3 is 2. The molecule has 6 heterocycles. The van der Waals surface area contributed by atoms with Crippen LogP contribution < -0.4 is 25.4 Å². The molecular weight excluding hydrogens is 895 g/mol. The molecule has 0 spiro atoms. The van der Waals surface area contributed by atoms with Crippen molar-refractivity contribution in [1.29, 1.82) is 0 Å². The van der Waals surface area contributed by atoms with Crippen molar-refractivity contribution >= 4 is 50.9 Å². The second kappa shape index (κ2) is 21.7. The van der Waals surface area contributed by atoms with Gasteiger partial charge >= 0.3 is 0 Å². The van der Waals surface area contributed by atoms with E-state index < -0.39 is 11.6 Å². The molecule has 1 aliphatic rings. The fourth-order valence-electron chi connectivity index (χ4n) is 8.74. The lowest BCUT2D eigenvalue weighted by Crippen LogP contribution is -2.45. The molecule has 17 heteroatoms. The van der Waals surface area contributed by atoms with Gasteiger partial charge in [0.15, 0.2) is 23.1 Å². The van der Waals surface area contributed by atoms with E-state index in [1.54, 1.807) is 31.6 Å². The highest BCUT2D eigenvalue weighted by Crippen LogP contribution is 2.37. The number of ether oxygens (including phenoxy) is 2. The maximum Gasteiger partial charge on any atom is 0.229 e. The lowest BCUT2D eigenvalue weighted by Gasteiger charge is -2.33. The molecule has 3 aromatic carbocycles. The van der Waals surface area contributed by atoms with Gasteiger partial charge in [-0.25, -0.2) is 38.7 Å². The van der Waals surface area contributed by atoms with Gasteiger partial charge in [0.2, 0.25) is 5.95 Å². The number of likely N-dealkylation sites (N-methyl/N-ethyl adjacent to an activating group) is 1. The van der Waals surface area contributed by atoms with E-state index in [2.05, 4.69) is 105 Å². The molecule has 3 N–H and O–H groups in total. The first-order valence-corrected chi connectivity index (χ1v) is 24.1. The van der Waals surface area contributed by atoms with Crippen LogP contribution in [-0.2, 0) is 13.1 Å². The minimum atomic E-state index is -0.636. The van der Waals surface area contributed by atoms with Crippen LogP contribution in [0.25, 0.3) is 44.3 Å². The average Bonchev–Trinajstić information content (AvgIpc) is 3.98. The van der Waals surface area contributed by atoms with Crippen molar-refractivity contribution in [3.8, 4) is 33.9 Å². The van der Waals surface area contributed by atoms with E-state index in [9.17, 15) is 8.78 Å². The molecule has 0 radical (unpaired) electrons. The zero-order valence-electron chi connectivity index (χ0n) is 40.7. The highest BCUT2D eigenvalue weighted by atomic mass is 32.1. The molecule has 1 saturated heterocycles. The second-order valence-corrected chi connectivity index (χ2v) is 18.3. The molecule has 360 valence electrons. The van der Waals surface area contributed by atoms with Crippen molar-refractivity contribution < 1.29 is 18.3 Å². The molecule has 1 aliphatic heterocycles. The van der Waals surface area contributed by atoms with Crippen molar-refractivity contribution in [3.05, 3.63) is 124 Å². The highest BCUT2D eigenvalue weighted by molar-refractivity contribution is 7.10. The summed E-state index contributed by atoms with van der Waals surface area (Å²) in [5, 5.41) is 13.0. The summed E-state index contributed by atoms with van der Waals surface area (Å²) in [4.78, 5) is 32.6. The Balaban J connectivity index is 0.000000188. The monoisotopic (exact) mass is 954 g/mol. The van der Waals surface area contributed by atoms with Gasteiger partial charge in [0.25, 0.3) is 0 Å². The van der Waals surface area contributed by atoms with Gasteiger partial charge in [-0.3, -0.25) is 4.90 Å². The number of nitrogens with one attached hydrogen (secondary N) is 3. The number of imidazole rings is 1. The van der Waals surface area contributed by atoms with Crippen molar-refractivity contribution in [3.63, 3.8) is 0 Å². The molecule has 5 aromatic heterocycles. The van der Waals surface area contributed by atoms with Gasteiger partial charge < -0.3 is 34.9 Å². The Kier molecular flexibility index (Phi) is 15.4. The molecule has 0 saturated carbocycles. The van der Waals surface area contributed by atoms with E-state index in [1.165, 1.54) is 27.6 Å². The van der Waals surface area contributed by atoms with Gasteiger partial charge in [-0.15, -0.1) is 11.3 Å². The van der Waals surface area contributed by atoms with Crippen LogP contribution in [0.2, 0.25) is 0 Å². The van der Waals surface area contributed by atoms with Crippen molar-refractivity contribution in [2.45, 2.75) is 66.7 Å². The minimum absolute atomic E-state index is 0.00954. The van der Waals surface area contributed by atoms with E-state index in [0.717, 1.165) is 74.3 Å². The number of hydrogen-bond donors (Lipinski definition) is 3. The van der Waals surface area contributed by atoms with Crippen LogP contribution in [0.15, 0.2) is 84.5 Å². The third-order valence-corrected chi connectivity index (χ3v) is 13.4.